The third-order valence-corrected chi connectivity index (χ3v) is 2.67. The van der Waals surface area contributed by atoms with Crippen LogP contribution in [0.4, 0.5) is 5.00 Å². The first-order valence-electron chi connectivity index (χ1n) is 4.69. The molecule has 74 valence electrons. The number of nitrogens with one attached hydrogen (secondary N) is 1. The highest BCUT2D eigenvalue weighted by molar-refractivity contribution is 7.11. The first-order chi connectivity index (χ1) is 6.56. The molecular formula is C11H14N2S. The molecule has 2 nitrogen and oxygen atoms in total. The van der Waals surface area contributed by atoms with Gasteiger partial charge in [0.25, 0.3) is 0 Å². The van der Waals surface area contributed by atoms with Crippen LogP contribution in [0.25, 0.3) is 10.9 Å². The molecule has 0 aliphatic rings. The summed E-state index contributed by atoms with van der Waals surface area (Å²) in [6, 6.07) is 8.21. The summed E-state index contributed by atoms with van der Waals surface area (Å²) in [6.07, 6.45) is 0. The van der Waals surface area contributed by atoms with Crippen LogP contribution in [-0.2, 0) is 0 Å². The molecule has 14 heavy (non-hydrogen) atoms. The van der Waals surface area contributed by atoms with E-state index in [1.54, 1.807) is 0 Å². The summed E-state index contributed by atoms with van der Waals surface area (Å²) in [5.74, 6) is 0. The predicted molar refractivity (Wildman–Crippen MR) is 63.0 cm³/mol. The normalized spacial score (nSPS) is 11.9. The fourth-order valence-corrected chi connectivity index (χ4v) is 2.29. The van der Waals surface area contributed by atoms with Crippen LogP contribution in [0.5, 0.6) is 0 Å². The number of rotatable bonds is 1. The second kappa shape index (κ2) is 3.24. The topological polar surface area (TPSA) is 24.9 Å². The molecule has 1 heterocycles. The summed E-state index contributed by atoms with van der Waals surface area (Å²) in [4.78, 5) is 0. The highest BCUT2D eigenvalue weighted by atomic mass is 32.1. The summed E-state index contributed by atoms with van der Waals surface area (Å²) in [6.45, 7) is 6.46. The highest BCUT2D eigenvalue weighted by Crippen LogP contribution is 2.29. The Morgan fingerprint density at radius 3 is 2.64 bits per heavy atom. The molecule has 0 aliphatic carbocycles. The molecule has 1 aromatic carbocycles. The lowest BCUT2D eigenvalue weighted by molar-refractivity contribution is 0.637. The number of benzene rings is 1. The summed E-state index contributed by atoms with van der Waals surface area (Å²) < 4.78 is 4.38. The van der Waals surface area contributed by atoms with Crippen molar-refractivity contribution in [3.05, 3.63) is 24.3 Å². The molecule has 0 aliphatic heterocycles. The summed E-state index contributed by atoms with van der Waals surface area (Å²) in [5.41, 5.74) is 1.17. The molecule has 0 atom stereocenters. The molecular weight excluding hydrogens is 192 g/mol. The van der Waals surface area contributed by atoms with E-state index >= 15 is 0 Å². The van der Waals surface area contributed by atoms with Gasteiger partial charge in [0.15, 0.2) is 0 Å². The Kier molecular flexibility index (Phi) is 2.19. The van der Waals surface area contributed by atoms with Crippen LogP contribution in [-0.4, -0.2) is 9.91 Å². The van der Waals surface area contributed by atoms with E-state index in [0.29, 0.717) is 0 Å². The van der Waals surface area contributed by atoms with Crippen LogP contribution >= 0.6 is 11.5 Å². The van der Waals surface area contributed by atoms with Crippen molar-refractivity contribution < 1.29 is 0 Å². The zero-order valence-electron chi connectivity index (χ0n) is 8.66. The molecule has 0 radical (unpaired) electrons. The van der Waals surface area contributed by atoms with E-state index in [-0.39, 0.29) is 5.54 Å². The Balaban J connectivity index is 2.44. The van der Waals surface area contributed by atoms with Crippen molar-refractivity contribution in [1.29, 1.82) is 0 Å². The van der Waals surface area contributed by atoms with E-state index in [0.717, 1.165) is 10.5 Å². The summed E-state index contributed by atoms with van der Waals surface area (Å²) >= 11 is 1.53. The average Bonchev–Trinajstić information content (AvgIpc) is 2.47. The second-order valence-corrected chi connectivity index (χ2v) is 5.18. The average molecular weight is 206 g/mol. The summed E-state index contributed by atoms with van der Waals surface area (Å²) in [7, 11) is 0. The largest absolute Gasteiger partial charge is 0.371 e. The van der Waals surface area contributed by atoms with Crippen molar-refractivity contribution in [1.82, 2.24) is 4.37 Å². The van der Waals surface area contributed by atoms with Gasteiger partial charge in [0.2, 0.25) is 0 Å². The maximum Gasteiger partial charge on any atom is 0.117 e. The van der Waals surface area contributed by atoms with Crippen LogP contribution in [0.2, 0.25) is 0 Å². The summed E-state index contributed by atoms with van der Waals surface area (Å²) in [5, 5.41) is 5.84. The van der Waals surface area contributed by atoms with Crippen LogP contribution in [0.1, 0.15) is 20.8 Å². The molecule has 0 fully saturated rings. The fourth-order valence-electron chi connectivity index (χ4n) is 1.32. The number of fused-ring (bicyclic) bond motifs is 1. The minimum absolute atomic E-state index is 0.0926. The monoisotopic (exact) mass is 206 g/mol. The number of hydrogen-bond donors (Lipinski definition) is 1. The van der Waals surface area contributed by atoms with Gasteiger partial charge in [0.05, 0.1) is 5.52 Å². The standard InChI is InChI=1S/C11H14N2S/c1-11(2,3)12-10-8-6-4-5-7-9(8)13-14-10/h4-7,12H,1-3H3. The molecule has 0 bridgehead atoms. The molecule has 0 amide bonds. The first kappa shape index (κ1) is 9.46. The van der Waals surface area contributed by atoms with Gasteiger partial charge in [-0.2, -0.15) is 4.37 Å². The zero-order chi connectivity index (χ0) is 10.2. The van der Waals surface area contributed by atoms with E-state index in [2.05, 4.69) is 36.5 Å². The molecule has 0 spiro atoms. The lowest BCUT2D eigenvalue weighted by Gasteiger charge is -2.20. The molecule has 2 rings (SSSR count). The molecule has 1 N–H and O–H groups in total. The quantitative estimate of drug-likeness (QED) is 0.772. The van der Waals surface area contributed by atoms with Gasteiger partial charge in [-0.3, -0.25) is 0 Å². The van der Waals surface area contributed by atoms with E-state index in [1.807, 2.05) is 18.2 Å². The lowest BCUT2D eigenvalue weighted by Crippen LogP contribution is -2.25. The number of hydrogen-bond acceptors (Lipinski definition) is 3. The van der Waals surface area contributed by atoms with Crippen molar-refractivity contribution in [3.8, 4) is 0 Å². The Labute approximate surface area is 88.1 Å². The van der Waals surface area contributed by atoms with Crippen LogP contribution < -0.4 is 5.32 Å². The van der Waals surface area contributed by atoms with Gasteiger partial charge in [0.1, 0.15) is 5.00 Å². The van der Waals surface area contributed by atoms with Crippen molar-refractivity contribution >= 4 is 27.4 Å². The van der Waals surface area contributed by atoms with E-state index < -0.39 is 0 Å². The van der Waals surface area contributed by atoms with Crippen molar-refractivity contribution in [2.24, 2.45) is 0 Å². The number of aromatic nitrogens is 1. The highest BCUT2D eigenvalue weighted by Gasteiger charge is 2.13. The van der Waals surface area contributed by atoms with Gasteiger partial charge in [-0.05, 0) is 44.4 Å². The zero-order valence-corrected chi connectivity index (χ0v) is 9.48. The second-order valence-electron chi connectivity index (χ2n) is 4.40. The number of nitrogens with zero attached hydrogens (tertiary/aromatic N) is 1. The number of anilines is 1. The van der Waals surface area contributed by atoms with E-state index in [4.69, 9.17) is 0 Å². The van der Waals surface area contributed by atoms with Crippen LogP contribution in [0.3, 0.4) is 0 Å². The van der Waals surface area contributed by atoms with E-state index in [1.165, 1.54) is 16.9 Å². The van der Waals surface area contributed by atoms with Gasteiger partial charge in [-0.1, -0.05) is 12.1 Å². The first-order valence-corrected chi connectivity index (χ1v) is 5.46. The Bertz CT molecular complexity index is 440. The molecule has 3 heteroatoms. The fraction of sp³-hybridized carbons (Fsp3) is 0.364. The Hall–Kier alpha value is -1.09. The maximum absolute atomic E-state index is 4.38. The molecule has 0 unspecified atom stereocenters. The molecule has 0 saturated carbocycles. The van der Waals surface area contributed by atoms with Crippen LogP contribution in [0.15, 0.2) is 24.3 Å². The smallest absolute Gasteiger partial charge is 0.117 e. The van der Waals surface area contributed by atoms with Gasteiger partial charge in [-0.25, -0.2) is 0 Å². The van der Waals surface area contributed by atoms with Gasteiger partial charge >= 0.3 is 0 Å². The third kappa shape index (κ3) is 1.87. The van der Waals surface area contributed by atoms with Gasteiger partial charge in [0, 0.05) is 10.9 Å². The van der Waals surface area contributed by atoms with Crippen molar-refractivity contribution in [2.75, 3.05) is 5.32 Å². The Morgan fingerprint density at radius 2 is 1.93 bits per heavy atom. The molecule has 0 saturated heterocycles. The van der Waals surface area contributed by atoms with Gasteiger partial charge in [-0.15, -0.1) is 0 Å². The minimum Gasteiger partial charge on any atom is -0.371 e. The van der Waals surface area contributed by atoms with Crippen LogP contribution in [0, 0.1) is 0 Å². The van der Waals surface area contributed by atoms with E-state index in [9.17, 15) is 0 Å². The lowest BCUT2D eigenvalue weighted by atomic mass is 10.1. The molecule has 1 aromatic heterocycles. The van der Waals surface area contributed by atoms with Crippen molar-refractivity contribution in [3.63, 3.8) is 0 Å². The molecule has 2 aromatic rings. The van der Waals surface area contributed by atoms with Gasteiger partial charge < -0.3 is 5.32 Å². The maximum atomic E-state index is 4.38. The SMILES string of the molecule is CC(C)(C)Nc1snc2ccccc12. The Morgan fingerprint density at radius 1 is 1.21 bits per heavy atom. The minimum atomic E-state index is 0.0926. The van der Waals surface area contributed by atoms with Crippen molar-refractivity contribution in [2.45, 2.75) is 26.3 Å². The predicted octanol–water partition coefficient (Wildman–Crippen LogP) is 3.51. The third-order valence-electron chi connectivity index (χ3n) is 1.87.